The van der Waals surface area contributed by atoms with Gasteiger partial charge in [-0.3, -0.25) is 19.6 Å². The molecule has 0 aliphatic heterocycles. The van der Waals surface area contributed by atoms with Crippen LogP contribution in [0, 0.1) is 0 Å². The fourth-order valence-electron chi connectivity index (χ4n) is 2.61. The van der Waals surface area contributed by atoms with Gasteiger partial charge in [0.25, 0.3) is 0 Å². The quantitative estimate of drug-likeness (QED) is 0.207. The van der Waals surface area contributed by atoms with Gasteiger partial charge in [0.05, 0.1) is 0 Å². The average molecular weight is 393 g/mol. The molecule has 5 N–H and O–H groups in total. The monoisotopic (exact) mass is 393 g/mol. The Labute approximate surface area is 163 Å². The summed E-state index contributed by atoms with van der Waals surface area (Å²) in [7, 11) is 0. The number of carbonyl (C=O) groups is 4. The summed E-state index contributed by atoms with van der Waals surface area (Å²) in [6, 6.07) is 5.79. The van der Waals surface area contributed by atoms with Crippen LogP contribution in [0.1, 0.15) is 51.0 Å². The highest BCUT2D eigenvalue weighted by Gasteiger charge is 2.18. The number of nitrogens with one attached hydrogen (secondary N) is 3. The third-order valence-electron chi connectivity index (χ3n) is 4.04. The van der Waals surface area contributed by atoms with Gasteiger partial charge in [0.2, 0.25) is 17.7 Å². The van der Waals surface area contributed by atoms with E-state index in [2.05, 4.69) is 10.6 Å². The molecule has 28 heavy (non-hydrogen) atoms. The van der Waals surface area contributed by atoms with E-state index in [1.165, 1.54) is 6.92 Å². The number of hydrogen-bond donors (Lipinski definition) is 5. The Balaban J connectivity index is 2.35. The molecule has 9 heteroatoms. The van der Waals surface area contributed by atoms with Crippen LogP contribution in [-0.2, 0) is 25.6 Å². The number of carboxylic acid groups (broad SMARTS) is 1. The van der Waals surface area contributed by atoms with Crippen LogP contribution in [0.15, 0.2) is 24.3 Å². The molecule has 0 saturated carbocycles. The van der Waals surface area contributed by atoms with Gasteiger partial charge in [0, 0.05) is 31.9 Å². The average Bonchev–Trinajstić information content (AvgIpc) is 2.64. The molecule has 1 atom stereocenters. The molecule has 0 heterocycles. The Morgan fingerprint density at radius 1 is 0.929 bits per heavy atom. The highest BCUT2D eigenvalue weighted by Crippen LogP contribution is 2.13. The molecule has 3 amide bonds. The van der Waals surface area contributed by atoms with E-state index in [0.717, 1.165) is 18.4 Å². The van der Waals surface area contributed by atoms with Crippen molar-refractivity contribution in [3.05, 3.63) is 29.8 Å². The molecule has 0 unspecified atom stereocenters. The summed E-state index contributed by atoms with van der Waals surface area (Å²) in [6.07, 6.45) is 3.74. The maximum absolute atomic E-state index is 11.9. The predicted octanol–water partition coefficient (Wildman–Crippen LogP) is 1.60. The van der Waals surface area contributed by atoms with Gasteiger partial charge in [-0.1, -0.05) is 25.0 Å². The second-order valence-electron chi connectivity index (χ2n) is 6.49. The zero-order valence-corrected chi connectivity index (χ0v) is 15.9. The minimum absolute atomic E-state index is 0.123. The Hall–Kier alpha value is -2.94. The number of benzene rings is 1. The maximum atomic E-state index is 11.9. The number of anilines is 1. The number of carbonyl (C=O) groups excluding carboxylic acids is 3. The highest BCUT2D eigenvalue weighted by molar-refractivity contribution is 5.90. The van der Waals surface area contributed by atoms with Crippen LogP contribution < -0.4 is 16.1 Å². The number of hydrogen-bond acceptors (Lipinski definition) is 5. The Morgan fingerprint density at radius 3 is 2.00 bits per heavy atom. The Bertz CT molecular complexity index is 675. The molecule has 0 spiro atoms. The molecule has 154 valence electrons. The van der Waals surface area contributed by atoms with Crippen LogP contribution >= 0.6 is 0 Å². The van der Waals surface area contributed by atoms with E-state index < -0.39 is 23.8 Å². The van der Waals surface area contributed by atoms with Crippen LogP contribution in [0.4, 0.5) is 5.69 Å². The van der Waals surface area contributed by atoms with Gasteiger partial charge in [-0.15, -0.1) is 0 Å². The Kier molecular flexibility index (Phi) is 10.3. The molecular weight excluding hydrogens is 366 g/mol. The van der Waals surface area contributed by atoms with Gasteiger partial charge in [-0.2, -0.15) is 0 Å². The number of rotatable bonds is 12. The lowest BCUT2D eigenvalue weighted by atomic mass is 10.1. The fourth-order valence-corrected chi connectivity index (χ4v) is 2.61. The van der Waals surface area contributed by atoms with Crippen molar-refractivity contribution in [3.8, 4) is 0 Å². The SMILES string of the molecule is CC(=O)N[C@H](Cc1ccc(NC(=O)CCCCCCC(=O)NO)cc1)C(=O)O. The van der Waals surface area contributed by atoms with Crippen molar-refractivity contribution >= 4 is 29.4 Å². The number of hydroxylamine groups is 1. The first-order valence-electron chi connectivity index (χ1n) is 9.13. The van der Waals surface area contributed by atoms with Crippen molar-refractivity contribution in [1.29, 1.82) is 0 Å². The van der Waals surface area contributed by atoms with Crippen LogP contribution in [-0.4, -0.2) is 40.0 Å². The van der Waals surface area contributed by atoms with Crippen LogP contribution in [0.25, 0.3) is 0 Å². The second-order valence-corrected chi connectivity index (χ2v) is 6.49. The number of carboxylic acids is 1. The van der Waals surface area contributed by atoms with E-state index in [4.69, 9.17) is 10.3 Å². The molecule has 0 aliphatic carbocycles. The van der Waals surface area contributed by atoms with E-state index in [0.29, 0.717) is 24.9 Å². The summed E-state index contributed by atoms with van der Waals surface area (Å²) >= 11 is 0. The Morgan fingerprint density at radius 2 is 1.50 bits per heavy atom. The van der Waals surface area contributed by atoms with Gasteiger partial charge in [-0.05, 0) is 30.5 Å². The molecule has 0 radical (unpaired) electrons. The smallest absolute Gasteiger partial charge is 0.326 e. The summed E-state index contributed by atoms with van der Waals surface area (Å²) < 4.78 is 0. The van der Waals surface area contributed by atoms with Gasteiger partial charge >= 0.3 is 5.97 Å². The number of amides is 3. The van der Waals surface area contributed by atoms with Gasteiger partial charge in [-0.25, -0.2) is 10.3 Å². The molecule has 0 saturated heterocycles. The largest absolute Gasteiger partial charge is 0.480 e. The van der Waals surface area contributed by atoms with E-state index in [1.54, 1.807) is 29.7 Å². The summed E-state index contributed by atoms with van der Waals surface area (Å²) in [5.41, 5.74) is 2.92. The lowest BCUT2D eigenvalue weighted by Gasteiger charge is -2.13. The van der Waals surface area contributed by atoms with E-state index in [9.17, 15) is 19.2 Å². The molecule has 1 aromatic carbocycles. The highest BCUT2D eigenvalue weighted by atomic mass is 16.5. The molecule has 0 fully saturated rings. The molecule has 0 aromatic heterocycles. The molecular formula is C19H27N3O6. The molecule has 1 rings (SSSR count). The van der Waals surface area contributed by atoms with Crippen LogP contribution in [0.5, 0.6) is 0 Å². The first-order chi connectivity index (χ1) is 13.3. The second kappa shape index (κ2) is 12.4. The zero-order chi connectivity index (χ0) is 20.9. The third kappa shape index (κ3) is 9.67. The number of aliphatic carboxylic acids is 1. The van der Waals surface area contributed by atoms with Gasteiger partial charge in [0.1, 0.15) is 6.04 Å². The van der Waals surface area contributed by atoms with Crippen molar-refractivity contribution in [2.24, 2.45) is 0 Å². The summed E-state index contributed by atoms with van der Waals surface area (Å²) in [5.74, 6) is -2.05. The predicted molar refractivity (Wildman–Crippen MR) is 102 cm³/mol. The molecule has 0 bridgehead atoms. The van der Waals surface area contributed by atoms with Crippen molar-refractivity contribution in [2.75, 3.05) is 5.32 Å². The lowest BCUT2D eigenvalue weighted by molar-refractivity contribution is -0.141. The summed E-state index contributed by atoms with van der Waals surface area (Å²) in [4.78, 5) is 45.0. The molecule has 9 nitrogen and oxygen atoms in total. The van der Waals surface area contributed by atoms with Crippen LogP contribution in [0.2, 0.25) is 0 Å². The zero-order valence-electron chi connectivity index (χ0n) is 15.9. The standard InChI is InChI=1S/C19H27N3O6/c1-13(23)20-16(19(26)27)12-14-8-10-15(11-9-14)21-17(24)6-4-2-3-5-7-18(25)22-28/h8-11,16,28H,2-7,12H2,1H3,(H,20,23)(H,21,24)(H,22,25)(H,26,27)/t16-/m1/s1. The maximum Gasteiger partial charge on any atom is 0.326 e. The van der Waals surface area contributed by atoms with Crippen molar-refractivity contribution in [3.63, 3.8) is 0 Å². The first kappa shape index (κ1) is 23.1. The molecule has 1 aromatic rings. The first-order valence-corrected chi connectivity index (χ1v) is 9.13. The van der Waals surface area contributed by atoms with Gasteiger partial charge in [0.15, 0.2) is 0 Å². The van der Waals surface area contributed by atoms with Crippen molar-refractivity contribution in [1.82, 2.24) is 10.8 Å². The van der Waals surface area contributed by atoms with Crippen LogP contribution in [0.3, 0.4) is 0 Å². The van der Waals surface area contributed by atoms with E-state index in [1.807, 2.05) is 0 Å². The minimum atomic E-state index is -1.11. The van der Waals surface area contributed by atoms with Crippen molar-refractivity contribution < 1.29 is 29.5 Å². The summed E-state index contributed by atoms with van der Waals surface area (Å²) in [6.45, 7) is 1.26. The molecule has 0 aliphatic rings. The fraction of sp³-hybridized carbons (Fsp3) is 0.474. The normalized spacial score (nSPS) is 11.4. The van der Waals surface area contributed by atoms with Gasteiger partial charge < -0.3 is 15.7 Å². The third-order valence-corrected chi connectivity index (χ3v) is 4.04. The van der Waals surface area contributed by atoms with E-state index >= 15 is 0 Å². The van der Waals surface area contributed by atoms with E-state index in [-0.39, 0.29) is 18.7 Å². The topological polar surface area (TPSA) is 145 Å². The number of unbranched alkanes of at least 4 members (excludes halogenated alkanes) is 3. The lowest BCUT2D eigenvalue weighted by Crippen LogP contribution is -2.41. The van der Waals surface area contributed by atoms with Crippen molar-refractivity contribution in [2.45, 2.75) is 57.9 Å². The minimum Gasteiger partial charge on any atom is -0.480 e. The summed E-state index contributed by atoms with van der Waals surface area (Å²) in [5, 5.41) is 22.7.